The minimum atomic E-state index is 0.0972. The molecule has 3 nitrogen and oxygen atoms in total. The van der Waals surface area contributed by atoms with Gasteiger partial charge in [-0.2, -0.15) is 0 Å². The zero-order chi connectivity index (χ0) is 13.7. The van der Waals surface area contributed by atoms with Gasteiger partial charge in [0.25, 0.3) is 0 Å². The van der Waals surface area contributed by atoms with Crippen molar-refractivity contribution in [2.24, 2.45) is 5.92 Å². The van der Waals surface area contributed by atoms with Gasteiger partial charge >= 0.3 is 0 Å². The molecule has 1 aliphatic rings. The van der Waals surface area contributed by atoms with E-state index >= 15 is 0 Å². The van der Waals surface area contributed by atoms with Gasteiger partial charge in [0.2, 0.25) is 5.91 Å². The molecule has 0 spiro atoms. The minimum Gasteiger partial charge on any atom is -0.350 e. The lowest BCUT2D eigenvalue weighted by Gasteiger charge is -2.28. The molecule has 1 aromatic rings. The highest BCUT2D eigenvalue weighted by Gasteiger charge is 2.20. The Morgan fingerprint density at radius 2 is 1.95 bits per heavy atom. The summed E-state index contributed by atoms with van der Waals surface area (Å²) < 4.78 is 0. The van der Waals surface area contributed by atoms with Crippen LogP contribution < -0.4 is 5.32 Å². The quantitative estimate of drug-likeness (QED) is 0.902. The molecule has 1 heterocycles. The number of amides is 1. The Morgan fingerprint density at radius 1 is 1.32 bits per heavy atom. The predicted molar refractivity (Wildman–Crippen MR) is 77.8 cm³/mol. The first-order valence-electron chi connectivity index (χ1n) is 7.18. The summed E-state index contributed by atoms with van der Waals surface area (Å²) in [6.45, 7) is 4.28. The molecule has 2 rings (SSSR count). The van der Waals surface area contributed by atoms with E-state index in [0.29, 0.717) is 12.3 Å². The third-order valence-electron chi connectivity index (χ3n) is 3.99. The van der Waals surface area contributed by atoms with Crippen LogP contribution in [0.2, 0.25) is 0 Å². The molecule has 1 amide bonds. The van der Waals surface area contributed by atoms with Crippen molar-refractivity contribution < 1.29 is 4.79 Å². The monoisotopic (exact) mass is 260 g/mol. The van der Waals surface area contributed by atoms with E-state index in [1.165, 1.54) is 5.56 Å². The molecule has 1 N–H and O–H groups in total. The van der Waals surface area contributed by atoms with Gasteiger partial charge in [-0.15, -0.1) is 0 Å². The van der Waals surface area contributed by atoms with E-state index in [9.17, 15) is 4.79 Å². The number of piperidine rings is 1. The van der Waals surface area contributed by atoms with Crippen molar-refractivity contribution in [1.82, 2.24) is 10.2 Å². The largest absolute Gasteiger partial charge is 0.350 e. The molecule has 1 aromatic carbocycles. The highest BCUT2D eigenvalue weighted by molar-refractivity contribution is 5.76. The van der Waals surface area contributed by atoms with Crippen molar-refractivity contribution >= 4 is 5.91 Å². The highest BCUT2D eigenvalue weighted by atomic mass is 16.1. The number of hydrogen-bond donors (Lipinski definition) is 1. The van der Waals surface area contributed by atoms with E-state index < -0.39 is 0 Å². The van der Waals surface area contributed by atoms with Crippen molar-refractivity contribution in [3.63, 3.8) is 0 Å². The number of rotatable bonds is 4. The van der Waals surface area contributed by atoms with E-state index in [1.54, 1.807) is 0 Å². The van der Waals surface area contributed by atoms with E-state index in [4.69, 9.17) is 0 Å². The number of hydrogen-bond acceptors (Lipinski definition) is 2. The van der Waals surface area contributed by atoms with Crippen LogP contribution in [0.15, 0.2) is 30.3 Å². The lowest BCUT2D eigenvalue weighted by molar-refractivity contribution is -0.123. The van der Waals surface area contributed by atoms with E-state index in [1.807, 2.05) is 25.1 Å². The van der Waals surface area contributed by atoms with Crippen LogP contribution in [0.4, 0.5) is 0 Å². The number of nitrogens with one attached hydrogen (secondary N) is 1. The van der Waals surface area contributed by atoms with E-state index in [-0.39, 0.29) is 11.9 Å². The lowest BCUT2D eigenvalue weighted by Crippen LogP contribution is -2.34. The Kier molecular flexibility index (Phi) is 4.97. The fraction of sp³-hybridized carbons (Fsp3) is 0.562. The van der Waals surface area contributed by atoms with E-state index in [0.717, 1.165) is 25.9 Å². The average Bonchev–Trinajstić information content (AvgIpc) is 2.42. The smallest absolute Gasteiger partial charge is 0.220 e. The van der Waals surface area contributed by atoms with E-state index in [2.05, 4.69) is 29.4 Å². The number of benzene rings is 1. The van der Waals surface area contributed by atoms with Crippen LogP contribution in [-0.2, 0) is 4.79 Å². The summed E-state index contributed by atoms with van der Waals surface area (Å²) in [5, 5.41) is 3.10. The molecule has 0 aliphatic carbocycles. The predicted octanol–water partition coefficient (Wildman–Crippen LogP) is 2.60. The van der Waals surface area contributed by atoms with Crippen molar-refractivity contribution in [2.75, 3.05) is 20.1 Å². The zero-order valence-corrected chi connectivity index (χ0v) is 11.9. The number of likely N-dealkylation sites (tertiary alicyclic amines) is 1. The normalized spacial score (nSPS) is 19.1. The fourth-order valence-electron chi connectivity index (χ4n) is 2.65. The molecule has 3 heteroatoms. The molecular weight excluding hydrogens is 236 g/mol. The van der Waals surface area contributed by atoms with Crippen LogP contribution in [0.3, 0.4) is 0 Å². The first-order chi connectivity index (χ1) is 9.15. The van der Waals surface area contributed by atoms with Crippen molar-refractivity contribution in [3.8, 4) is 0 Å². The topological polar surface area (TPSA) is 32.3 Å². The van der Waals surface area contributed by atoms with Crippen LogP contribution >= 0.6 is 0 Å². The molecule has 0 aromatic heterocycles. The van der Waals surface area contributed by atoms with Crippen LogP contribution in [0.25, 0.3) is 0 Å². The minimum absolute atomic E-state index is 0.0972. The van der Waals surface area contributed by atoms with Gasteiger partial charge in [0, 0.05) is 6.42 Å². The highest BCUT2D eigenvalue weighted by Crippen LogP contribution is 2.20. The molecule has 0 unspecified atom stereocenters. The number of carbonyl (C=O) groups excluding carboxylic acids is 1. The average molecular weight is 260 g/mol. The van der Waals surface area contributed by atoms with Gasteiger partial charge in [0.15, 0.2) is 0 Å². The summed E-state index contributed by atoms with van der Waals surface area (Å²) in [7, 11) is 2.15. The number of carbonyl (C=O) groups is 1. The Bertz CT molecular complexity index is 396. The Morgan fingerprint density at radius 3 is 2.58 bits per heavy atom. The molecule has 1 aliphatic heterocycles. The summed E-state index contributed by atoms with van der Waals surface area (Å²) in [4.78, 5) is 14.4. The van der Waals surface area contributed by atoms with Crippen LogP contribution in [-0.4, -0.2) is 30.9 Å². The van der Waals surface area contributed by atoms with Crippen molar-refractivity contribution in [2.45, 2.75) is 32.2 Å². The second kappa shape index (κ2) is 6.71. The van der Waals surface area contributed by atoms with Gasteiger partial charge < -0.3 is 10.2 Å². The first kappa shape index (κ1) is 14.1. The Labute approximate surface area is 116 Å². The molecule has 104 valence electrons. The molecule has 1 saturated heterocycles. The molecule has 1 fully saturated rings. The molecule has 19 heavy (non-hydrogen) atoms. The maximum Gasteiger partial charge on any atom is 0.220 e. The SMILES string of the molecule is C[C@@H](NC(=O)CC1CCN(C)CC1)c1ccccc1. The summed E-state index contributed by atoms with van der Waals surface area (Å²) in [6, 6.07) is 10.2. The lowest BCUT2D eigenvalue weighted by atomic mass is 9.93. The summed E-state index contributed by atoms with van der Waals surface area (Å²) in [6.07, 6.45) is 2.96. The molecule has 0 bridgehead atoms. The molecule has 0 radical (unpaired) electrons. The summed E-state index contributed by atoms with van der Waals surface area (Å²) in [5.41, 5.74) is 1.17. The molecular formula is C16H24N2O. The maximum absolute atomic E-state index is 12.1. The Balaban J connectivity index is 1.78. The van der Waals surface area contributed by atoms with Crippen LogP contribution in [0.5, 0.6) is 0 Å². The van der Waals surface area contributed by atoms with Crippen LogP contribution in [0, 0.1) is 5.92 Å². The third kappa shape index (κ3) is 4.35. The summed E-state index contributed by atoms with van der Waals surface area (Å²) in [5.74, 6) is 0.741. The van der Waals surface area contributed by atoms with Crippen LogP contribution in [0.1, 0.15) is 37.8 Å². The standard InChI is InChI=1S/C16H24N2O/c1-13(15-6-4-3-5-7-15)17-16(19)12-14-8-10-18(2)11-9-14/h3-7,13-14H,8-12H2,1-2H3,(H,17,19)/t13-/m1/s1. The third-order valence-corrected chi connectivity index (χ3v) is 3.99. The zero-order valence-electron chi connectivity index (χ0n) is 11.9. The van der Waals surface area contributed by atoms with Gasteiger partial charge in [-0.3, -0.25) is 4.79 Å². The van der Waals surface area contributed by atoms with Gasteiger partial charge in [-0.25, -0.2) is 0 Å². The van der Waals surface area contributed by atoms with Gasteiger partial charge in [-0.1, -0.05) is 30.3 Å². The molecule has 0 saturated carbocycles. The van der Waals surface area contributed by atoms with Crippen molar-refractivity contribution in [1.29, 1.82) is 0 Å². The fourth-order valence-corrected chi connectivity index (χ4v) is 2.65. The summed E-state index contributed by atoms with van der Waals surface area (Å²) >= 11 is 0. The van der Waals surface area contributed by atoms with Crippen molar-refractivity contribution in [3.05, 3.63) is 35.9 Å². The second-order valence-corrected chi connectivity index (χ2v) is 5.65. The Hall–Kier alpha value is -1.35. The van der Waals surface area contributed by atoms with Gasteiger partial charge in [-0.05, 0) is 51.4 Å². The second-order valence-electron chi connectivity index (χ2n) is 5.65. The molecule has 1 atom stereocenters. The number of nitrogens with zero attached hydrogens (tertiary/aromatic N) is 1. The first-order valence-corrected chi connectivity index (χ1v) is 7.18. The van der Waals surface area contributed by atoms with Gasteiger partial charge in [0.1, 0.15) is 0 Å². The maximum atomic E-state index is 12.1. The van der Waals surface area contributed by atoms with Gasteiger partial charge in [0.05, 0.1) is 6.04 Å².